The normalized spacial score (nSPS) is 17.5. The molecule has 1 aromatic carbocycles. The Labute approximate surface area is 163 Å². The van der Waals surface area contributed by atoms with Gasteiger partial charge in [0.05, 0.1) is 6.10 Å². The van der Waals surface area contributed by atoms with Crippen LogP contribution in [0, 0.1) is 5.92 Å². The van der Waals surface area contributed by atoms with Crippen LogP contribution in [0.15, 0.2) is 29.3 Å². The Balaban J connectivity index is 0.00000288. The molecule has 0 saturated carbocycles. The van der Waals surface area contributed by atoms with Crippen molar-refractivity contribution in [3.8, 4) is 0 Å². The second kappa shape index (κ2) is 10.9. The van der Waals surface area contributed by atoms with Crippen molar-refractivity contribution in [3.05, 3.63) is 35.4 Å². The number of nitrogens with one attached hydrogen (secondary N) is 2. The molecule has 1 aliphatic carbocycles. The van der Waals surface area contributed by atoms with Crippen LogP contribution in [0.25, 0.3) is 0 Å². The lowest BCUT2D eigenvalue weighted by atomic mass is 9.78. The van der Waals surface area contributed by atoms with E-state index >= 15 is 0 Å². The second-order valence-corrected chi connectivity index (χ2v) is 6.51. The molecule has 4 nitrogen and oxygen atoms in total. The van der Waals surface area contributed by atoms with Crippen LogP contribution in [0.1, 0.15) is 44.2 Å². The number of hydrogen-bond donors (Lipinski definition) is 2. The first kappa shape index (κ1) is 21.2. The van der Waals surface area contributed by atoms with Gasteiger partial charge in [0, 0.05) is 32.7 Å². The van der Waals surface area contributed by atoms with Gasteiger partial charge in [-0.3, -0.25) is 4.99 Å². The highest BCUT2D eigenvalue weighted by atomic mass is 127. The molecule has 24 heavy (non-hydrogen) atoms. The van der Waals surface area contributed by atoms with Crippen LogP contribution < -0.4 is 10.6 Å². The van der Waals surface area contributed by atoms with Gasteiger partial charge in [0.1, 0.15) is 0 Å². The summed E-state index contributed by atoms with van der Waals surface area (Å²) in [5.41, 5.74) is 2.96. The Hall–Kier alpha value is -0.820. The van der Waals surface area contributed by atoms with E-state index < -0.39 is 0 Å². The lowest BCUT2D eigenvalue weighted by molar-refractivity contribution is 0.0258. The van der Waals surface area contributed by atoms with E-state index in [2.05, 4.69) is 60.7 Å². The maximum atomic E-state index is 5.78. The summed E-state index contributed by atoms with van der Waals surface area (Å²) in [4.78, 5) is 4.32. The number of aliphatic imine (C=N–C) groups is 1. The summed E-state index contributed by atoms with van der Waals surface area (Å²) in [6.07, 6.45) is 2.47. The maximum Gasteiger partial charge on any atom is 0.190 e. The highest BCUT2D eigenvalue weighted by Gasteiger charge is 2.25. The number of rotatable bonds is 8. The third-order valence-electron chi connectivity index (χ3n) is 4.55. The zero-order chi connectivity index (χ0) is 16.7. The number of halogens is 1. The quantitative estimate of drug-likeness (QED) is 0.366. The van der Waals surface area contributed by atoms with Crippen LogP contribution >= 0.6 is 24.0 Å². The Morgan fingerprint density at radius 2 is 2.04 bits per heavy atom. The van der Waals surface area contributed by atoms with E-state index in [0.717, 1.165) is 32.1 Å². The first-order chi connectivity index (χ1) is 11.2. The average molecular weight is 445 g/mol. The third kappa shape index (κ3) is 5.92. The van der Waals surface area contributed by atoms with E-state index in [-0.39, 0.29) is 24.0 Å². The fourth-order valence-electron chi connectivity index (χ4n) is 3.14. The van der Waals surface area contributed by atoms with Gasteiger partial charge < -0.3 is 15.4 Å². The van der Waals surface area contributed by atoms with E-state index in [4.69, 9.17) is 4.74 Å². The smallest absolute Gasteiger partial charge is 0.190 e. The summed E-state index contributed by atoms with van der Waals surface area (Å²) < 4.78 is 5.78. The molecule has 5 heteroatoms. The number of guanidine groups is 1. The van der Waals surface area contributed by atoms with Crippen LogP contribution in [0.4, 0.5) is 0 Å². The maximum absolute atomic E-state index is 5.78. The predicted octanol–water partition coefficient (Wildman–Crippen LogP) is 3.56. The Kier molecular flexibility index (Phi) is 9.66. The molecule has 136 valence electrons. The van der Waals surface area contributed by atoms with Crippen LogP contribution in [-0.2, 0) is 11.2 Å². The summed E-state index contributed by atoms with van der Waals surface area (Å²) in [5, 5.41) is 6.84. The lowest BCUT2D eigenvalue weighted by Crippen LogP contribution is -2.42. The topological polar surface area (TPSA) is 45.6 Å². The van der Waals surface area contributed by atoms with Crippen LogP contribution in [0.3, 0.4) is 0 Å². The van der Waals surface area contributed by atoms with Crippen molar-refractivity contribution in [1.29, 1.82) is 0 Å². The lowest BCUT2D eigenvalue weighted by Gasteiger charge is -2.30. The molecular formula is C19H32IN3O. The van der Waals surface area contributed by atoms with Crippen molar-refractivity contribution in [2.45, 2.75) is 45.6 Å². The Bertz CT molecular complexity index is 519. The highest BCUT2D eigenvalue weighted by molar-refractivity contribution is 14.0. The number of hydrogen-bond acceptors (Lipinski definition) is 2. The summed E-state index contributed by atoms with van der Waals surface area (Å²) in [6.45, 7) is 9.07. The first-order valence-electron chi connectivity index (χ1n) is 8.79. The average Bonchev–Trinajstić information content (AvgIpc) is 2.52. The molecule has 0 radical (unpaired) electrons. The summed E-state index contributed by atoms with van der Waals surface area (Å²) in [7, 11) is 1.83. The van der Waals surface area contributed by atoms with Gasteiger partial charge >= 0.3 is 0 Å². The third-order valence-corrected chi connectivity index (χ3v) is 4.55. The zero-order valence-electron chi connectivity index (χ0n) is 15.3. The molecule has 2 atom stereocenters. The van der Waals surface area contributed by atoms with Crippen molar-refractivity contribution in [2.24, 2.45) is 10.9 Å². The number of ether oxygens (including phenoxy) is 1. The molecule has 2 N–H and O–H groups in total. The standard InChI is InChI=1S/C19H31N3O.HI/c1-5-23-18(14(2)3)10-11-21-19(20-4)22-13-16-12-15-8-6-7-9-17(15)16;/h6-9,14,16,18H,5,10-13H2,1-4H3,(H2,20,21,22);1H. The summed E-state index contributed by atoms with van der Waals surface area (Å²) in [5.74, 6) is 2.03. The molecule has 0 heterocycles. The second-order valence-electron chi connectivity index (χ2n) is 6.51. The molecule has 0 amide bonds. The minimum Gasteiger partial charge on any atom is -0.378 e. The predicted molar refractivity (Wildman–Crippen MR) is 113 cm³/mol. The minimum atomic E-state index is 0. The molecule has 0 saturated heterocycles. The van der Waals surface area contributed by atoms with Crippen molar-refractivity contribution >= 4 is 29.9 Å². The van der Waals surface area contributed by atoms with Crippen LogP contribution in [0.2, 0.25) is 0 Å². The molecule has 0 aromatic heterocycles. The van der Waals surface area contributed by atoms with Crippen LogP contribution in [-0.4, -0.2) is 38.8 Å². The molecule has 0 bridgehead atoms. The summed E-state index contributed by atoms with van der Waals surface area (Å²) >= 11 is 0. The molecule has 1 aliphatic rings. The minimum absolute atomic E-state index is 0. The van der Waals surface area contributed by atoms with Crippen molar-refractivity contribution < 1.29 is 4.74 Å². The first-order valence-corrected chi connectivity index (χ1v) is 8.79. The highest BCUT2D eigenvalue weighted by Crippen LogP contribution is 2.33. The fourth-order valence-corrected chi connectivity index (χ4v) is 3.14. The van der Waals surface area contributed by atoms with E-state index in [9.17, 15) is 0 Å². The van der Waals surface area contributed by atoms with Gasteiger partial charge in [-0.2, -0.15) is 0 Å². The molecule has 0 aliphatic heterocycles. The van der Waals surface area contributed by atoms with Crippen molar-refractivity contribution in [2.75, 3.05) is 26.7 Å². The zero-order valence-corrected chi connectivity index (χ0v) is 17.7. The van der Waals surface area contributed by atoms with Gasteiger partial charge in [-0.25, -0.2) is 0 Å². The number of fused-ring (bicyclic) bond motifs is 1. The largest absolute Gasteiger partial charge is 0.378 e. The van der Waals surface area contributed by atoms with E-state index in [1.54, 1.807) is 0 Å². The van der Waals surface area contributed by atoms with Crippen molar-refractivity contribution in [1.82, 2.24) is 10.6 Å². The van der Waals surface area contributed by atoms with Gasteiger partial charge in [0.15, 0.2) is 5.96 Å². The van der Waals surface area contributed by atoms with Crippen molar-refractivity contribution in [3.63, 3.8) is 0 Å². The molecule has 2 unspecified atom stereocenters. The van der Waals surface area contributed by atoms with E-state index in [0.29, 0.717) is 17.9 Å². The molecule has 0 fully saturated rings. The van der Waals surface area contributed by atoms with E-state index in [1.165, 1.54) is 17.5 Å². The molecular weight excluding hydrogens is 413 g/mol. The van der Waals surface area contributed by atoms with E-state index in [1.807, 2.05) is 7.05 Å². The molecule has 0 spiro atoms. The van der Waals surface area contributed by atoms with Crippen LogP contribution in [0.5, 0.6) is 0 Å². The SMILES string of the molecule is CCOC(CCNC(=NC)NCC1Cc2ccccc21)C(C)C.I. The Morgan fingerprint density at radius 3 is 2.67 bits per heavy atom. The van der Waals surface area contributed by atoms with Gasteiger partial charge in [-0.05, 0) is 36.8 Å². The number of benzene rings is 1. The van der Waals surface area contributed by atoms with Gasteiger partial charge in [0.25, 0.3) is 0 Å². The monoisotopic (exact) mass is 445 g/mol. The van der Waals surface area contributed by atoms with Gasteiger partial charge in [-0.1, -0.05) is 38.1 Å². The molecule has 1 aromatic rings. The fraction of sp³-hybridized carbons (Fsp3) is 0.632. The molecule has 2 rings (SSSR count). The summed E-state index contributed by atoms with van der Waals surface area (Å²) in [6, 6.07) is 8.69. The van der Waals surface area contributed by atoms with Gasteiger partial charge in [0.2, 0.25) is 0 Å². The van der Waals surface area contributed by atoms with Gasteiger partial charge in [-0.15, -0.1) is 24.0 Å². The number of nitrogens with zero attached hydrogens (tertiary/aromatic N) is 1. The Morgan fingerprint density at radius 1 is 1.29 bits per heavy atom.